The minimum absolute atomic E-state index is 0.00187. The molecule has 2 rings (SSSR count). The molecule has 0 heteroatoms. The van der Waals surface area contributed by atoms with Crippen LogP contribution in [0.25, 0.3) is 0 Å². The number of rotatable bonds is 3. The molecule has 0 N–H and O–H groups in total. The van der Waals surface area contributed by atoms with Gasteiger partial charge in [0.1, 0.15) is 0 Å². The molecule has 43 heavy (non-hydrogen) atoms. The summed E-state index contributed by atoms with van der Waals surface area (Å²) >= 11 is 0. The highest BCUT2D eigenvalue weighted by Gasteiger charge is 2.41. The molecule has 0 saturated carbocycles. The molecule has 0 saturated heterocycles. The molecule has 0 nitrogen and oxygen atoms in total. The van der Waals surface area contributed by atoms with E-state index in [0.717, 1.165) is 6.42 Å². The Morgan fingerprint density at radius 1 is 0.372 bits per heavy atom. The van der Waals surface area contributed by atoms with Crippen LogP contribution in [-0.2, 0) is 37.9 Å². The molecule has 1 unspecified atom stereocenters. The van der Waals surface area contributed by atoms with Crippen LogP contribution >= 0.6 is 0 Å². The van der Waals surface area contributed by atoms with Crippen LogP contribution in [0, 0.1) is 0 Å². The monoisotopic (exact) mass is 589 g/mol. The van der Waals surface area contributed by atoms with Crippen LogP contribution in [-0.4, -0.2) is 0 Å². The maximum atomic E-state index is 2.67. The standard InChI is InChI=1S/C43H72/c1-23-27(28-24-25-30(37(2,3)4)34(41(14,15)16)32(28)39(8,9)10)29-26-31(38(5,6)7)35(42(17,18)19)36(43(20,21)22)33(29)40(11,12)13/h24-27H,23H2,1-22H3. The molecule has 0 amide bonds. The Kier molecular flexibility index (Phi) is 9.93. The van der Waals surface area contributed by atoms with Gasteiger partial charge in [0.25, 0.3) is 0 Å². The van der Waals surface area contributed by atoms with Crippen LogP contribution in [0.15, 0.2) is 18.2 Å². The average Bonchev–Trinajstić information content (AvgIpc) is 2.73. The number of benzene rings is 2. The van der Waals surface area contributed by atoms with Crippen LogP contribution in [0.1, 0.15) is 215 Å². The Balaban J connectivity index is 3.43. The maximum absolute atomic E-state index is 2.67. The van der Waals surface area contributed by atoms with Crippen molar-refractivity contribution in [2.75, 3.05) is 0 Å². The summed E-state index contributed by atoms with van der Waals surface area (Å²) in [7, 11) is 0. The number of hydrogen-bond donors (Lipinski definition) is 0. The van der Waals surface area contributed by atoms with Gasteiger partial charge in [0, 0.05) is 5.92 Å². The van der Waals surface area contributed by atoms with Crippen molar-refractivity contribution in [2.45, 2.75) is 203 Å². The zero-order valence-corrected chi connectivity index (χ0v) is 33.0. The number of hydrogen-bond acceptors (Lipinski definition) is 0. The maximum Gasteiger partial charge on any atom is 0.00929 e. The second-order valence-electron chi connectivity index (χ2n) is 20.8. The van der Waals surface area contributed by atoms with Gasteiger partial charge in [-0.1, -0.05) is 171 Å². The van der Waals surface area contributed by atoms with Gasteiger partial charge in [-0.3, -0.25) is 0 Å². The zero-order chi connectivity index (χ0) is 34.1. The van der Waals surface area contributed by atoms with Gasteiger partial charge in [-0.05, 0) is 94.4 Å². The van der Waals surface area contributed by atoms with Crippen molar-refractivity contribution in [2.24, 2.45) is 0 Å². The Hall–Kier alpha value is -1.56. The van der Waals surface area contributed by atoms with Crippen LogP contribution < -0.4 is 0 Å². The fourth-order valence-corrected chi connectivity index (χ4v) is 7.64. The topological polar surface area (TPSA) is 0 Å². The predicted molar refractivity (Wildman–Crippen MR) is 196 cm³/mol. The van der Waals surface area contributed by atoms with E-state index in [1.165, 1.54) is 16.7 Å². The van der Waals surface area contributed by atoms with Gasteiger partial charge >= 0.3 is 0 Å². The van der Waals surface area contributed by atoms with Crippen molar-refractivity contribution in [1.29, 1.82) is 0 Å². The molecule has 2 aromatic rings. The quantitative estimate of drug-likeness (QED) is 0.334. The van der Waals surface area contributed by atoms with Crippen molar-refractivity contribution in [3.8, 4) is 0 Å². The van der Waals surface area contributed by atoms with Gasteiger partial charge in [-0.2, -0.15) is 0 Å². The Labute approximate surface area is 270 Å². The van der Waals surface area contributed by atoms with E-state index in [4.69, 9.17) is 0 Å². The minimum atomic E-state index is 0.00187. The van der Waals surface area contributed by atoms with Gasteiger partial charge < -0.3 is 0 Å². The molecule has 0 aliphatic heterocycles. The van der Waals surface area contributed by atoms with Gasteiger partial charge in [-0.15, -0.1) is 0 Å². The first kappa shape index (κ1) is 37.6. The highest BCUT2D eigenvalue weighted by atomic mass is 14.4. The van der Waals surface area contributed by atoms with Gasteiger partial charge in [0.2, 0.25) is 0 Å². The van der Waals surface area contributed by atoms with Crippen LogP contribution in [0.4, 0.5) is 0 Å². The van der Waals surface area contributed by atoms with E-state index < -0.39 is 0 Å². The van der Waals surface area contributed by atoms with Crippen LogP contribution in [0.5, 0.6) is 0 Å². The third kappa shape index (κ3) is 7.82. The summed E-state index contributed by atoms with van der Waals surface area (Å²) in [5.41, 5.74) is 14.1. The molecule has 0 bridgehead atoms. The smallest absolute Gasteiger partial charge is 0.00929 e. The van der Waals surface area contributed by atoms with Crippen molar-refractivity contribution >= 4 is 0 Å². The van der Waals surface area contributed by atoms with Crippen molar-refractivity contribution in [3.05, 3.63) is 68.3 Å². The summed E-state index contributed by atoms with van der Waals surface area (Å²) in [6, 6.07) is 7.69. The summed E-state index contributed by atoms with van der Waals surface area (Å²) in [4.78, 5) is 0. The van der Waals surface area contributed by atoms with E-state index in [1.54, 1.807) is 33.4 Å². The van der Waals surface area contributed by atoms with Crippen LogP contribution in [0.2, 0.25) is 0 Å². The van der Waals surface area contributed by atoms with Crippen molar-refractivity contribution in [3.63, 3.8) is 0 Å². The lowest BCUT2D eigenvalue weighted by Crippen LogP contribution is -2.34. The largest absolute Gasteiger partial charge is 0.0645 e. The normalized spacial score (nSPS) is 15.2. The third-order valence-electron chi connectivity index (χ3n) is 9.12. The lowest BCUT2D eigenvalue weighted by Gasteiger charge is -2.44. The molecule has 0 spiro atoms. The Morgan fingerprint density at radius 2 is 0.698 bits per heavy atom. The van der Waals surface area contributed by atoms with Gasteiger partial charge in [0.15, 0.2) is 0 Å². The summed E-state index contributed by atoms with van der Waals surface area (Å²) < 4.78 is 0. The zero-order valence-electron chi connectivity index (χ0n) is 33.0. The molecule has 0 fully saturated rings. The third-order valence-corrected chi connectivity index (χ3v) is 9.12. The van der Waals surface area contributed by atoms with E-state index in [-0.39, 0.29) is 37.9 Å². The molecule has 2 aromatic carbocycles. The molecule has 0 aromatic heterocycles. The van der Waals surface area contributed by atoms with E-state index in [9.17, 15) is 0 Å². The SMILES string of the molecule is CCC(c1ccc(C(C)(C)C)c(C(C)(C)C)c1C(C)(C)C)c1cc(C(C)(C)C)c(C(C)(C)C)c(C(C)(C)C)c1C(C)(C)C. The molecule has 244 valence electrons. The second kappa shape index (κ2) is 11.4. The molecule has 1 atom stereocenters. The van der Waals surface area contributed by atoms with E-state index >= 15 is 0 Å². The Bertz CT molecular complexity index is 1290. The van der Waals surface area contributed by atoms with Gasteiger partial charge in [0.05, 0.1) is 0 Å². The van der Waals surface area contributed by atoms with E-state index in [1.807, 2.05) is 0 Å². The summed E-state index contributed by atoms with van der Waals surface area (Å²) in [6.45, 7) is 53.4. The first-order valence-corrected chi connectivity index (χ1v) is 17.2. The molecule has 0 heterocycles. The molecule has 0 aliphatic carbocycles. The van der Waals surface area contributed by atoms with E-state index in [2.05, 4.69) is 171 Å². The highest BCUT2D eigenvalue weighted by molar-refractivity contribution is 5.61. The second-order valence-corrected chi connectivity index (χ2v) is 20.8. The summed E-state index contributed by atoms with van der Waals surface area (Å²) in [5, 5.41) is 0. The van der Waals surface area contributed by atoms with Crippen molar-refractivity contribution in [1.82, 2.24) is 0 Å². The fraction of sp³-hybridized carbons (Fsp3) is 0.721. The lowest BCUT2D eigenvalue weighted by atomic mass is 9.60. The first-order chi connectivity index (χ1) is 18.8. The highest BCUT2D eigenvalue weighted by Crippen LogP contribution is 2.52. The van der Waals surface area contributed by atoms with Crippen molar-refractivity contribution < 1.29 is 0 Å². The summed E-state index contributed by atoms with van der Waals surface area (Å²) in [5.74, 6) is 0.315. The van der Waals surface area contributed by atoms with E-state index in [0.29, 0.717) is 5.92 Å². The Morgan fingerprint density at radius 3 is 1.00 bits per heavy atom. The molecular weight excluding hydrogens is 516 g/mol. The molecular formula is C43H72. The molecule has 0 aliphatic rings. The summed E-state index contributed by atoms with van der Waals surface area (Å²) in [6.07, 6.45) is 1.08. The average molecular weight is 589 g/mol. The van der Waals surface area contributed by atoms with Gasteiger partial charge in [-0.25, -0.2) is 0 Å². The lowest BCUT2D eigenvalue weighted by molar-refractivity contribution is 0.469. The minimum Gasteiger partial charge on any atom is -0.0645 e. The molecule has 0 radical (unpaired) electrons. The van der Waals surface area contributed by atoms with Crippen LogP contribution in [0.3, 0.4) is 0 Å². The fourth-order valence-electron chi connectivity index (χ4n) is 7.64. The predicted octanol–water partition coefficient (Wildman–Crippen LogP) is 13.3. The first-order valence-electron chi connectivity index (χ1n) is 17.2.